The van der Waals surface area contributed by atoms with E-state index >= 15 is 0 Å². The summed E-state index contributed by atoms with van der Waals surface area (Å²) in [7, 11) is 0. The number of nitrogens with zero attached hydrogens (tertiary/aromatic N) is 1. The quantitative estimate of drug-likeness (QED) is 0.672. The Morgan fingerprint density at radius 3 is 2.44 bits per heavy atom. The van der Waals surface area contributed by atoms with Crippen molar-refractivity contribution < 1.29 is 19.1 Å². The average molecular weight is 257 g/mol. The smallest absolute Gasteiger partial charge is 0.323 e. The first-order valence-corrected chi connectivity index (χ1v) is 6.74. The lowest BCUT2D eigenvalue weighted by Gasteiger charge is -2.29. The third-order valence-electron chi connectivity index (χ3n) is 3.20. The van der Waals surface area contributed by atoms with Gasteiger partial charge in [0.15, 0.2) is 0 Å². The number of hydrogen-bond acceptors (Lipinski definition) is 5. The van der Waals surface area contributed by atoms with Crippen LogP contribution in [0.3, 0.4) is 0 Å². The first-order chi connectivity index (χ1) is 8.65. The summed E-state index contributed by atoms with van der Waals surface area (Å²) < 4.78 is 10.1. The van der Waals surface area contributed by atoms with Crippen molar-refractivity contribution in [2.75, 3.05) is 19.8 Å². The molecule has 1 fully saturated rings. The Kier molecular flexibility index (Phi) is 6.12. The van der Waals surface area contributed by atoms with E-state index < -0.39 is 0 Å². The molecule has 0 aromatic rings. The van der Waals surface area contributed by atoms with Crippen LogP contribution in [0.1, 0.15) is 40.0 Å². The molecule has 0 bridgehead atoms. The summed E-state index contributed by atoms with van der Waals surface area (Å²) in [6, 6.07) is -0.624. The van der Waals surface area contributed by atoms with Gasteiger partial charge in [-0.05, 0) is 39.7 Å². The van der Waals surface area contributed by atoms with Crippen molar-refractivity contribution in [2.45, 2.75) is 52.1 Å². The Morgan fingerprint density at radius 1 is 1.22 bits per heavy atom. The minimum atomic E-state index is -0.332. The lowest BCUT2D eigenvalue weighted by atomic mass is 10.1. The molecule has 0 spiro atoms. The van der Waals surface area contributed by atoms with Gasteiger partial charge in [0, 0.05) is 0 Å². The molecule has 2 atom stereocenters. The standard InChI is InChI=1S/C13H23NO4/c1-4-10(12(15)17-5-2)14-9-7-8-11(14)13(16)18-6-3/h10-11H,4-9H2,1-3H3. The minimum Gasteiger partial charge on any atom is -0.465 e. The highest BCUT2D eigenvalue weighted by molar-refractivity contribution is 5.80. The molecule has 1 heterocycles. The Balaban J connectivity index is 2.71. The summed E-state index contributed by atoms with van der Waals surface area (Å²) in [4.78, 5) is 25.6. The number of carbonyl (C=O) groups is 2. The number of hydrogen-bond donors (Lipinski definition) is 0. The minimum absolute atomic E-state index is 0.224. The van der Waals surface area contributed by atoms with Crippen LogP contribution in [0.15, 0.2) is 0 Å². The predicted molar refractivity (Wildman–Crippen MR) is 67.1 cm³/mol. The average Bonchev–Trinajstić information content (AvgIpc) is 2.80. The molecule has 5 nitrogen and oxygen atoms in total. The van der Waals surface area contributed by atoms with E-state index in [-0.39, 0.29) is 24.0 Å². The molecule has 5 heteroatoms. The van der Waals surface area contributed by atoms with Crippen LogP contribution in [-0.2, 0) is 19.1 Å². The molecule has 0 aromatic carbocycles. The van der Waals surface area contributed by atoms with Gasteiger partial charge in [0.1, 0.15) is 12.1 Å². The van der Waals surface area contributed by atoms with E-state index in [1.807, 2.05) is 11.8 Å². The van der Waals surface area contributed by atoms with Gasteiger partial charge in [-0.15, -0.1) is 0 Å². The summed E-state index contributed by atoms with van der Waals surface area (Å²) in [6.45, 7) is 7.01. The summed E-state index contributed by atoms with van der Waals surface area (Å²) >= 11 is 0. The van der Waals surface area contributed by atoms with Gasteiger partial charge in [-0.2, -0.15) is 0 Å². The number of rotatable bonds is 6. The van der Waals surface area contributed by atoms with Crippen molar-refractivity contribution in [1.82, 2.24) is 4.90 Å². The second kappa shape index (κ2) is 7.36. The highest BCUT2D eigenvalue weighted by Gasteiger charge is 2.39. The van der Waals surface area contributed by atoms with E-state index in [9.17, 15) is 9.59 Å². The fourth-order valence-electron chi connectivity index (χ4n) is 2.43. The van der Waals surface area contributed by atoms with Gasteiger partial charge in [-0.25, -0.2) is 0 Å². The molecular weight excluding hydrogens is 234 g/mol. The van der Waals surface area contributed by atoms with E-state index in [1.165, 1.54) is 0 Å². The molecule has 2 unspecified atom stereocenters. The van der Waals surface area contributed by atoms with Crippen LogP contribution in [0.2, 0.25) is 0 Å². The van der Waals surface area contributed by atoms with Gasteiger partial charge in [-0.3, -0.25) is 14.5 Å². The van der Waals surface area contributed by atoms with Gasteiger partial charge >= 0.3 is 11.9 Å². The lowest BCUT2D eigenvalue weighted by molar-refractivity contribution is -0.155. The van der Waals surface area contributed by atoms with Crippen molar-refractivity contribution in [1.29, 1.82) is 0 Å². The predicted octanol–water partition coefficient (Wildman–Crippen LogP) is 1.36. The van der Waals surface area contributed by atoms with Crippen molar-refractivity contribution in [2.24, 2.45) is 0 Å². The van der Waals surface area contributed by atoms with Crippen molar-refractivity contribution in [3.8, 4) is 0 Å². The van der Waals surface area contributed by atoms with Crippen molar-refractivity contribution >= 4 is 11.9 Å². The highest BCUT2D eigenvalue weighted by Crippen LogP contribution is 2.23. The van der Waals surface area contributed by atoms with Gasteiger partial charge in [-0.1, -0.05) is 6.92 Å². The number of esters is 2. The third kappa shape index (κ3) is 3.45. The molecule has 0 N–H and O–H groups in total. The molecule has 0 amide bonds. The second-order valence-electron chi connectivity index (χ2n) is 4.32. The molecule has 0 radical (unpaired) electrons. The van der Waals surface area contributed by atoms with Crippen LogP contribution in [0.5, 0.6) is 0 Å². The maximum absolute atomic E-state index is 11.9. The zero-order valence-corrected chi connectivity index (χ0v) is 11.5. The third-order valence-corrected chi connectivity index (χ3v) is 3.20. The first kappa shape index (κ1) is 15.0. The molecule has 1 aliphatic heterocycles. The number of ether oxygens (including phenoxy) is 2. The first-order valence-electron chi connectivity index (χ1n) is 6.74. The van der Waals surface area contributed by atoms with Crippen LogP contribution in [0.25, 0.3) is 0 Å². The van der Waals surface area contributed by atoms with E-state index in [4.69, 9.17) is 9.47 Å². The van der Waals surface area contributed by atoms with Gasteiger partial charge in [0.25, 0.3) is 0 Å². The fraction of sp³-hybridized carbons (Fsp3) is 0.846. The van der Waals surface area contributed by atoms with Crippen LogP contribution in [0, 0.1) is 0 Å². The number of likely N-dealkylation sites (tertiary alicyclic amines) is 1. The summed E-state index contributed by atoms with van der Waals surface area (Å²) in [5.74, 6) is -0.464. The second-order valence-corrected chi connectivity index (χ2v) is 4.32. The van der Waals surface area contributed by atoms with E-state index in [1.54, 1.807) is 13.8 Å². The molecular formula is C13H23NO4. The Bertz CT molecular complexity index is 293. The van der Waals surface area contributed by atoms with Crippen molar-refractivity contribution in [3.05, 3.63) is 0 Å². The van der Waals surface area contributed by atoms with Crippen LogP contribution < -0.4 is 0 Å². The van der Waals surface area contributed by atoms with Gasteiger partial charge in [0.2, 0.25) is 0 Å². The van der Waals surface area contributed by atoms with E-state index in [0.717, 1.165) is 19.4 Å². The Labute approximate surface area is 108 Å². The van der Waals surface area contributed by atoms with E-state index in [2.05, 4.69) is 0 Å². The molecule has 0 aromatic heterocycles. The molecule has 18 heavy (non-hydrogen) atoms. The fourth-order valence-corrected chi connectivity index (χ4v) is 2.43. The van der Waals surface area contributed by atoms with Gasteiger partial charge < -0.3 is 9.47 Å². The zero-order chi connectivity index (χ0) is 13.5. The summed E-state index contributed by atoms with van der Waals surface area (Å²) in [6.07, 6.45) is 2.32. The maximum atomic E-state index is 11.9. The Morgan fingerprint density at radius 2 is 1.89 bits per heavy atom. The van der Waals surface area contributed by atoms with Crippen LogP contribution in [0.4, 0.5) is 0 Å². The monoisotopic (exact) mass is 257 g/mol. The topological polar surface area (TPSA) is 55.8 Å². The molecule has 1 aliphatic rings. The largest absolute Gasteiger partial charge is 0.465 e. The van der Waals surface area contributed by atoms with Crippen LogP contribution >= 0.6 is 0 Å². The zero-order valence-electron chi connectivity index (χ0n) is 11.5. The maximum Gasteiger partial charge on any atom is 0.323 e. The molecule has 104 valence electrons. The van der Waals surface area contributed by atoms with Crippen molar-refractivity contribution in [3.63, 3.8) is 0 Å². The number of carbonyl (C=O) groups excluding carboxylic acids is 2. The highest BCUT2D eigenvalue weighted by atomic mass is 16.5. The summed E-state index contributed by atoms with van der Waals surface area (Å²) in [5, 5.41) is 0. The lowest BCUT2D eigenvalue weighted by Crippen LogP contribution is -2.48. The molecule has 0 saturated carbocycles. The molecule has 1 rings (SSSR count). The Hall–Kier alpha value is -1.10. The van der Waals surface area contributed by atoms with Crippen LogP contribution in [-0.4, -0.2) is 48.7 Å². The SMILES string of the molecule is CCOC(=O)C(CC)N1CCCC1C(=O)OCC. The van der Waals surface area contributed by atoms with Gasteiger partial charge in [0.05, 0.1) is 13.2 Å². The normalized spacial score (nSPS) is 21.6. The van der Waals surface area contributed by atoms with E-state index in [0.29, 0.717) is 19.6 Å². The molecule has 0 aliphatic carbocycles. The summed E-state index contributed by atoms with van der Waals surface area (Å²) in [5.41, 5.74) is 0. The molecule has 1 saturated heterocycles.